The fourth-order valence-electron chi connectivity index (χ4n) is 1.72. The predicted molar refractivity (Wildman–Crippen MR) is 42.5 cm³/mol. The van der Waals surface area contributed by atoms with Crippen molar-refractivity contribution in [2.45, 2.75) is 30.2 Å². The first-order valence-electron chi connectivity index (χ1n) is 4.51. The highest BCUT2D eigenvalue weighted by Gasteiger charge is 2.63. The molecule has 14 heavy (non-hydrogen) atoms. The summed E-state index contributed by atoms with van der Waals surface area (Å²) in [5.41, 5.74) is 5.18. The van der Waals surface area contributed by atoms with E-state index in [1.165, 1.54) is 0 Å². The fraction of sp³-hybridized carbons (Fsp3) is 1.00. The number of hydrogen-bond donors (Lipinski definition) is 1. The van der Waals surface area contributed by atoms with E-state index < -0.39 is 30.5 Å². The van der Waals surface area contributed by atoms with Gasteiger partial charge < -0.3 is 5.73 Å². The van der Waals surface area contributed by atoms with Gasteiger partial charge in [0.25, 0.3) is 0 Å². The molecule has 2 rings (SSSR count). The maximum atomic E-state index is 12.7. The van der Waals surface area contributed by atoms with E-state index in [-0.39, 0.29) is 6.54 Å². The molecule has 82 valence electrons. The molecule has 0 unspecified atom stereocenters. The van der Waals surface area contributed by atoms with Crippen LogP contribution in [0.3, 0.4) is 0 Å². The highest BCUT2D eigenvalue weighted by Crippen LogP contribution is 2.43. The topological polar surface area (TPSA) is 29.3 Å². The second-order valence-corrected chi connectivity index (χ2v) is 4.42. The Bertz CT molecular complexity index is 234. The minimum absolute atomic E-state index is 0.151. The van der Waals surface area contributed by atoms with Gasteiger partial charge in [0.05, 0.1) is 13.1 Å². The average Bonchev–Trinajstić information content (AvgIpc) is 2.59. The molecule has 6 heteroatoms. The first-order chi connectivity index (χ1) is 6.24. The number of hydrogen-bond acceptors (Lipinski definition) is 2. The number of halogens is 4. The lowest BCUT2D eigenvalue weighted by Crippen LogP contribution is -2.39. The zero-order chi connectivity index (χ0) is 10.6. The first-order valence-corrected chi connectivity index (χ1v) is 4.51. The predicted octanol–water partition coefficient (Wildman–Crippen LogP) is 1.06. The molecule has 0 atom stereocenters. The van der Waals surface area contributed by atoms with E-state index in [9.17, 15) is 17.6 Å². The molecule has 1 saturated heterocycles. The molecular formula is C8H12F4N2. The fourth-order valence-corrected chi connectivity index (χ4v) is 1.72. The van der Waals surface area contributed by atoms with Gasteiger partial charge in [0, 0.05) is 12.1 Å². The van der Waals surface area contributed by atoms with Gasteiger partial charge in [-0.05, 0) is 12.8 Å². The van der Waals surface area contributed by atoms with Crippen LogP contribution in [-0.4, -0.2) is 41.9 Å². The maximum Gasteiger partial charge on any atom is 0.323 e. The van der Waals surface area contributed by atoms with Crippen LogP contribution in [0.15, 0.2) is 0 Å². The SMILES string of the molecule is NC1(CN2CC(F)(F)C(F)(F)C2)CC1. The molecule has 0 amide bonds. The van der Waals surface area contributed by atoms with Crippen LogP contribution in [0.4, 0.5) is 17.6 Å². The summed E-state index contributed by atoms with van der Waals surface area (Å²) in [6.07, 6.45) is 1.47. The number of likely N-dealkylation sites (tertiary alicyclic amines) is 1. The van der Waals surface area contributed by atoms with E-state index in [1.807, 2.05) is 0 Å². The summed E-state index contributed by atoms with van der Waals surface area (Å²) < 4.78 is 50.9. The number of nitrogens with zero attached hydrogens (tertiary/aromatic N) is 1. The highest BCUT2D eigenvalue weighted by molar-refractivity contribution is 5.05. The molecule has 1 heterocycles. The van der Waals surface area contributed by atoms with Crippen LogP contribution in [0.2, 0.25) is 0 Å². The van der Waals surface area contributed by atoms with Gasteiger partial charge in [-0.15, -0.1) is 0 Å². The quantitative estimate of drug-likeness (QED) is 0.693. The molecule has 2 fully saturated rings. The summed E-state index contributed by atoms with van der Waals surface area (Å²) >= 11 is 0. The molecule has 0 aromatic rings. The molecule has 1 saturated carbocycles. The van der Waals surface area contributed by atoms with Gasteiger partial charge in [-0.25, -0.2) is 0 Å². The van der Waals surface area contributed by atoms with Gasteiger partial charge in [-0.3, -0.25) is 4.90 Å². The van der Waals surface area contributed by atoms with Gasteiger partial charge in [0.1, 0.15) is 0 Å². The lowest BCUT2D eigenvalue weighted by atomic mass is 10.2. The second kappa shape index (κ2) is 2.61. The molecule has 0 bridgehead atoms. The van der Waals surface area contributed by atoms with Crippen LogP contribution in [-0.2, 0) is 0 Å². The Morgan fingerprint density at radius 1 is 1.00 bits per heavy atom. The van der Waals surface area contributed by atoms with Crippen LogP contribution in [0.25, 0.3) is 0 Å². The zero-order valence-electron chi connectivity index (χ0n) is 7.57. The van der Waals surface area contributed by atoms with Crippen molar-refractivity contribution in [2.24, 2.45) is 5.73 Å². The Kier molecular flexibility index (Phi) is 1.89. The summed E-state index contributed by atoms with van der Waals surface area (Å²) in [5.74, 6) is -7.81. The van der Waals surface area contributed by atoms with E-state index in [1.54, 1.807) is 0 Å². The van der Waals surface area contributed by atoms with Crippen LogP contribution in [0.1, 0.15) is 12.8 Å². The largest absolute Gasteiger partial charge is 0.324 e. The number of alkyl halides is 4. The van der Waals surface area contributed by atoms with Crippen molar-refractivity contribution in [3.8, 4) is 0 Å². The standard InChI is InChI=1S/C8H12F4N2/c9-7(10)4-14(5-8(7,11)12)3-6(13)1-2-6/h1-5,13H2. The second-order valence-electron chi connectivity index (χ2n) is 4.42. The zero-order valence-corrected chi connectivity index (χ0v) is 7.57. The molecule has 2 aliphatic rings. The third-order valence-corrected chi connectivity index (χ3v) is 2.81. The van der Waals surface area contributed by atoms with Crippen molar-refractivity contribution in [3.05, 3.63) is 0 Å². The van der Waals surface area contributed by atoms with Crippen molar-refractivity contribution in [1.29, 1.82) is 0 Å². The van der Waals surface area contributed by atoms with E-state index in [2.05, 4.69) is 0 Å². The minimum Gasteiger partial charge on any atom is -0.324 e. The van der Waals surface area contributed by atoms with Crippen LogP contribution in [0, 0.1) is 0 Å². The first kappa shape index (κ1) is 10.2. The van der Waals surface area contributed by atoms with E-state index in [4.69, 9.17) is 5.73 Å². The normalized spacial score (nSPS) is 33.2. The summed E-state index contributed by atoms with van der Waals surface area (Å²) in [6, 6.07) is 0. The van der Waals surface area contributed by atoms with E-state index in [0.29, 0.717) is 0 Å². The molecule has 0 spiro atoms. The van der Waals surface area contributed by atoms with Crippen molar-refractivity contribution in [1.82, 2.24) is 4.90 Å². The molecule has 1 aliphatic carbocycles. The molecule has 0 aromatic heterocycles. The smallest absolute Gasteiger partial charge is 0.323 e. The van der Waals surface area contributed by atoms with Crippen LogP contribution >= 0.6 is 0 Å². The molecule has 0 aromatic carbocycles. The third kappa shape index (κ3) is 1.61. The monoisotopic (exact) mass is 212 g/mol. The van der Waals surface area contributed by atoms with Gasteiger partial charge in [0.2, 0.25) is 0 Å². The number of rotatable bonds is 2. The number of nitrogens with two attached hydrogens (primary N) is 1. The lowest BCUT2D eigenvalue weighted by Gasteiger charge is -2.18. The summed E-state index contributed by atoms with van der Waals surface area (Å²) in [4.78, 5) is 1.06. The van der Waals surface area contributed by atoms with Crippen molar-refractivity contribution >= 4 is 0 Å². The Balaban J connectivity index is 1.99. The molecular weight excluding hydrogens is 200 g/mol. The van der Waals surface area contributed by atoms with Crippen molar-refractivity contribution in [2.75, 3.05) is 19.6 Å². The van der Waals surface area contributed by atoms with Gasteiger partial charge in [-0.1, -0.05) is 0 Å². The van der Waals surface area contributed by atoms with Crippen molar-refractivity contribution in [3.63, 3.8) is 0 Å². The third-order valence-electron chi connectivity index (χ3n) is 2.81. The van der Waals surface area contributed by atoms with Gasteiger partial charge >= 0.3 is 11.8 Å². The van der Waals surface area contributed by atoms with E-state index in [0.717, 1.165) is 17.7 Å². The van der Waals surface area contributed by atoms with Crippen LogP contribution in [0.5, 0.6) is 0 Å². The highest BCUT2D eigenvalue weighted by atomic mass is 19.3. The maximum absolute atomic E-state index is 12.7. The van der Waals surface area contributed by atoms with Crippen LogP contribution < -0.4 is 5.73 Å². The Morgan fingerprint density at radius 2 is 1.43 bits per heavy atom. The lowest BCUT2D eigenvalue weighted by molar-refractivity contribution is -0.172. The average molecular weight is 212 g/mol. The van der Waals surface area contributed by atoms with Gasteiger partial charge in [-0.2, -0.15) is 17.6 Å². The van der Waals surface area contributed by atoms with E-state index >= 15 is 0 Å². The van der Waals surface area contributed by atoms with Crippen molar-refractivity contribution < 1.29 is 17.6 Å². The Hall–Kier alpha value is -0.360. The Morgan fingerprint density at radius 3 is 1.79 bits per heavy atom. The minimum atomic E-state index is -3.90. The summed E-state index contributed by atoms with van der Waals surface area (Å²) in [7, 11) is 0. The summed E-state index contributed by atoms with van der Waals surface area (Å²) in [6.45, 7) is -1.60. The van der Waals surface area contributed by atoms with Gasteiger partial charge in [0.15, 0.2) is 0 Å². The molecule has 1 aliphatic heterocycles. The summed E-state index contributed by atoms with van der Waals surface area (Å²) in [5, 5.41) is 0. The molecule has 0 radical (unpaired) electrons. The Labute approximate surface area is 79.0 Å². The molecule has 2 nitrogen and oxygen atoms in total. The molecule has 2 N–H and O–H groups in total.